The molecular weight excluding hydrogens is 290 g/mol. The van der Waals surface area contributed by atoms with Crippen molar-refractivity contribution in [3.05, 3.63) is 35.4 Å². The number of thioether (sulfide) groups is 1. The average Bonchev–Trinajstić information content (AvgIpc) is 2.47. The molecule has 1 aromatic carbocycles. The van der Waals surface area contributed by atoms with Crippen LogP contribution in [0, 0.1) is 11.6 Å². The molecule has 1 fully saturated rings. The maximum Gasteiger partial charge on any atom is 0.163 e. The van der Waals surface area contributed by atoms with Crippen LogP contribution in [0.4, 0.5) is 8.78 Å². The number of hydrogen-bond acceptors (Lipinski definition) is 3. The predicted octanol–water partition coefficient (Wildman–Crippen LogP) is 3.44. The third-order valence-corrected chi connectivity index (χ3v) is 5.00. The number of rotatable bonds is 6. The molecule has 1 aliphatic heterocycles. The number of nitrogens with one attached hydrogen (secondary N) is 1. The first-order valence-electron chi connectivity index (χ1n) is 7.63. The zero-order chi connectivity index (χ0) is 15.2. The Hall–Kier alpha value is -0.650. The molecule has 0 spiro atoms. The van der Waals surface area contributed by atoms with Crippen molar-refractivity contribution in [1.29, 1.82) is 0 Å². The monoisotopic (exact) mass is 314 g/mol. The molecule has 0 radical (unpaired) electrons. The smallest absolute Gasteiger partial charge is 0.163 e. The lowest BCUT2D eigenvalue weighted by Crippen LogP contribution is -2.38. The van der Waals surface area contributed by atoms with Gasteiger partial charge in [-0.3, -0.25) is 0 Å². The Morgan fingerprint density at radius 2 is 2.24 bits per heavy atom. The van der Waals surface area contributed by atoms with E-state index < -0.39 is 11.6 Å². The summed E-state index contributed by atoms with van der Waals surface area (Å²) in [7, 11) is 0. The van der Waals surface area contributed by atoms with Gasteiger partial charge < -0.3 is 10.2 Å². The second-order valence-corrected chi connectivity index (χ2v) is 7.07. The first-order chi connectivity index (χ1) is 10.1. The molecule has 1 aliphatic rings. The maximum atomic E-state index is 14.0. The minimum absolute atomic E-state index is 0.129. The molecule has 1 N–H and O–H groups in total. The van der Waals surface area contributed by atoms with Crippen LogP contribution in [-0.2, 0) is 0 Å². The molecule has 1 saturated heterocycles. The van der Waals surface area contributed by atoms with E-state index in [9.17, 15) is 8.78 Å². The zero-order valence-corrected chi connectivity index (χ0v) is 13.6. The number of benzene rings is 1. The second-order valence-electron chi connectivity index (χ2n) is 5.52. The Balaban J connectivity index is 2.00. The van der Waals surface area contributed by atoms with Gasteiger partial charge in [-0.1, -0.05) is 26.0 Å². The van der Waals surface area contributed by atoms with E-state index in [0.29, 0.717) is 10.8 Å². The van der Waals surface area contributed by atoms with E-state index in [1.165, 1.54) is 6.07 Å². The van der Waals surface area contributed by atoms with Gasteiger partial charge >= 0.3 is 0 Å². The summed E-state index contributed by atoms with van der Waals surface area (Å²) in [5.41, 5.74) is 0.441. The van der Waals surface area contributed by atoms with Crippen LogP contribution in [0.1, 0.15) is 31.9 Å². The Bertz CT molecular complexity index is 456. The summed E-state index contributed by atoms with van der Waals surface area (Å²) < 4.78 is 27.4. The van der Waals surface area contributed by atoms with Gasteiger partial charge in [-0.2, -0.15) is 11.8 Å². The van der Waals surface area contributed by atoms with Gasteiger partial charge in [0.25, 0.3) is 0 Å². The Morgan fingerprint density at radius 3 is 2.95 bits per heavy atom. The highest BCUT2D eigenvalue weighted by Crippen LogP contribution is 2.24. The molecule has 118 valence electrons. The Kier molecular flexibility index (Phi) is 6.45. The summed E-state index contributed by atoms with van der Waals surface area (Å²) in [5, 5.41) is 3.93. The van der Waals surface area contributed by atoms with Crippen LogP contribution in [0.15, 0.2) is 18.2 Å². The molecule has 1 heterocycles. The summed E-state index contributed by atoms with van der Waals surface area (Å²) in [6.07, 6.45) is 0.797. The third kappa shape index (κ3) is 4.66. The van der Waals surface area contributed by atoms with Crippen LogP contribution in [0.2, 0.25) is 0 Å². The fourth-order valence-corrected chi connectivity index (χ4v) is 3.89. The fourth-order valence-electron chi connectivity index (χ4n) is 2.81. The van der Waals surface area contributed by atoms with Gasteiger partial charge in [-0.15, -0.1) is 0 Å². The summed E-state index contributed by atoms with van der Waals surface area (Å²) >= 11 is 2.00. The molecule has 5 heteroatoms. The van der Waals surface area contributed by atoms with Gasteiger partial charge in [-0.05, 0) is 19.0 Å². The van der Waals surface area contributed by atoms with Crippen LogP contribution in [-0.4, -0.2) is 42.1 Å². The zero-order valence-electron chi connectivity index (χ0n) is 12.7. The van der Waals surface area contributed by atoms with E-state index in [0.717, 1.165) is 38.4 Å². The van der Waals surface area contributed by atoms with Gasteiger partial charge in [0, 0.05) is 42.2 Å². The number of halogens is 2. The summed E-state index contributed by atoms with van der Waals surface area (Å²) in [4.78, 5) is 2.42. The van der Waals surface area contributed by atoms with Crippen molar-refractivity contribution in [1.82, 2.24) is 10.2 Å². The maximum absolute atomic E-state index is 14.0. The molecule has 21 heavy (non-hydrogen) atoms. The van der Waals surface area contributed by atoms with E-state index in [4.69, 9.17) is 0 Å². The molecule has 2 atom stereocenters. The van der Waals surface area contributed by atoms with E-state index in [1.807, 2.05) is 18.7 Å². The van der Waals surface area contributed by atoms with E-state index in [1.54, 1.807) is 12.1 Å². The van der Waals surface area contributed by atoms with E-state index in [-0.39, 0.29) is 6.04 Å². The van der Waals surface area contributed by atoms with Crippen LogP contribution >= 0.6 is 11.8 Å². The highest BCUT2D eigenvalue weighted by molar-refractivity contribution is 7.99. The molecule has 0 bridgehead atoms. The van der Waals surface area contributed by atoms with Crippen LogP contribution in [0.5, 0.6) is 0 Å². The quantitative estimate of drug-likeness (QED) is 0.866. The molecule has 0 aromatic heterocycles. The van der Waals surface area contributed by atoms with Crippen molar-refractivity contribution in [2.24, 2.45) is 0 Å². The van der Waals surface area contributed by atoms with E-state index in [2.05, 4.69) is 17.1 Å². The minimum atomic E-state index is -0.765. The highest BCUT2D eigenvalue weighted by Gasteiger charge is 2.21. The predicted molar refractivity (Wildman–Crippen MR) is 85.8 cm³/mol. The molecule has 2 unspecified atom stereocenters. The molecule has 0 aliphatic carbocycles. The van der Waals surface area contributed by atoms with Crippen molar-refractivity contribution < 1.29 is 8.78 Å². The largest absolute Gasteiger partial charge is 0.310 e. The third-order valence-electron chi connectivity index (χ3n) is 3.87. The highest BCUT2D eigenvalue weighted by atomic mass is 32.2. The fraction of sp³-hybridized carbons (Fsp3) is 0.625. The molecule has 1 aromatic rings. The standard InChI is InChI=1S/C16H24F2N2S/c1-3-19-15(13-5-4-6-14(17)16(13)18)7-8-20-9-10-21-12(2)11-20/h4-6,12,15,19H,3,7-11H2,1-2H3. The van der Waals surface area contributed by atoms with Crippen molar-refractivity contribution in [3.8, 4) is 0 Å². The van der Waals surface area contributed by atoms with Crippen molar-refractivity contribution in [2.45, 2.75) is 31.6 Å². The lowest BCUT2D eigenvalue weighted by atomic mass is 10.0. The van der Waals surface area contributed by atoms with Gasteiger partial charge in [0.05, 0.1) is 0 Å². The molecule has 0 saturated carbocycles. The van der Waals surface area contributed by atoms with Crippen molar-refractivity contribution in [3.63, 3.8) is 0 Å². The Morgan fingerprint density at radius 1 is 1.43 bits per heavy atom. The van der Waals surface area contributed by atoms with Gasteiger partial charge in [0.2, 0.25) is 0 Å². The first kappa shape index (κ1) is 16.7. The van der Waals surface area contributed by atoms with Crippen LogP contribution < -0.4 is 5.32 Å². The summed E-state index contributed by atoms with van der Waals surface area (Å²) in [6, 6.07) is 4.30. The lowest BCUT2D eigenvalue weighted by molar-refractivity contribution is 0.266. The molecule has 2 nitrogen and oxygen atoms in total. The minimum Gasteiger partial charge on any atom is -0.310 e. The van der Waals surface area contributed by atoms with Crippen LogP contribution in [0.25, 0.3) is 0 Å². The van der Waals surface area contributed by atoms with Crippen molar-refractivity contribution in [2.75, 3.05) is 31.9 Å². The molecular formula is C16H24F2N2S. The van der Waals surface area contributed by atoms with Gasteiger partial charge in [-0.25, -0.2) is 8.78 Å². The SMILES string of the molecule is CCNC(CCN1CCSC(C)C1)c1cccc(F)c1F. The second kappa shape index (κ2) is 8.11. The average molecular weight is 314 g/mol. The number of nitrogens with zero attached hydrogens (tertiary/aromatic N) is 1. The van der Waals surface area contributed by atoms with Gasteiger partial charge in [0.15, 0.2) is 11.6 Å². The topological polar surface area (TPSA) is 15.3 Å². The lowest BCUT2D eigenvalue weighted by Gasteiger charge is -2.32. The Labute approximate surface area is 130 Å². The van der Waals surface area contributed by atoms with Gasteiger partial charge in [0.1, 0.15) is 0 Å². The number of hydrogen-bond donors (Lipinski definition) is 1. The first-order valence-corrected chi connectivity index (χ1v) is 8.68. The molecule has 0 amide bonds. The normalized spacial score (nSPS) is 21.4. The van der Waals surface area contributed by atoms with E-state index >= 15 is 0 Å². The molecule has 2 rings (SSSR count). The van der Waals surface area contributed by atoms with Crippen LogP contribution in [0.3, 0.4) is 0 Å². The van der Waals surface area contributed by atoms with Crippen molar-refractivity contribution >= 4 is 11.8 Å². The summed E-state index contributed by atoms with van der Waals surface area (Å²) in [5.74, 6) is -0.328. The summed E-state index contributed by atoms with van der Waals surface area (Å²) in [6.45, 7) is 8.05.